The van der Waals surface area contributed by atoms with Crippen molar-refractivity contribution in [3.8, 4) is 17.0 Å². The third-order valence-corrected chi connectivity index (χ3v) is 6.38. The van der Waals surface area contributed by atoms with E-state index in [1.54, 1.807) is 12.3 Å². The molecule has 38 heavy (non-hydrogen) atoms. The van der Waals surface area contributed by atoms with Crippen molar-refractivity contribution in [1.82, 2.24) is 15.6 Å². The summed E-state index contributed by atoms with van der Waals surface area (Å²) >= 11 is 17.9. The molecule has 0 saturated carbocycles. The molecule has 0 bridgehead atoms. The van der Waals surface area contributed by atoms with Gasteiger partial charge >= 0.3 is 0 Å². The van der Waals surface area contributed by atoms with Crippen molar-refractivity contribution in [3.05, 3.63) is 101 Å². The lowest BCUT2D eigenvalue weighted by molar-refractivity contribution is 0.0950. The molecular weight excluding hydrogens is 545 g/mol. The molecule has 0 spiro atoms. The number of nitrogens with one attached hydrogen (secondary N) is 2. The van der Waals surface area contributed by atoms with Crippen LogP contribution < -0.4 is 15.1 Å². The maximum Gasteiger partial charge on any atom is 0.289 e. The molecule has 0 aliphatic rings. The van der Waals surface area contributed by atoms with Gasteiger partial charge in [-0.15, -0.1) is 23.2 Å². The van der Waals surface area contributed by atoms with Gasteiger partial charge in [0.15, 0.2) is 0 Å². The molecule has 1 aromatic heterocycles. The second kappa shape index (κ2) is 13.9. The van der Waals surface area contributed by atoms with E-state index in [0.29, 0.717) is 53.6 Å². The summed E-state index contributed by atoms with van der Waals surface area (Å²) in [5.74, 6) is 1.35. The first-order valence-electron chi connectivity index (χ1n) is 11.9. The highest BCUT2D eigenvalue weighted by Gasteiger charge is 2.11. The zero-order chi connectivity index (χ0) is 26.7. The number of benzene rings is 3. The molecule has 1 amide bonds. The molecule has 0 saturated heterocycles. The number of carbonyl (C=O) groups is 1. The van der Waals surface area contributed by atoms with E-state index in [2.05, 4.69) is 25.6 Å². The van der Waals surface area contributed by atoms with Crippen molar-refractivity contribution in [1.29, 1.82) is 0 Å². The van der Waals surface area contributed by atoms with Gasteiger partial charge in [0.2, 0.25) is 0 Å². The molecule has 0 unspecified atom stereocenters. The summed E-state index contributed by atoms with van der Waals surface area (Å²) in [5, 5.41) is 11.7. The quantitative estimate of drug-likeness (QED) is 0.118. The zero-order valence-corrected chi connectivity index (χ0v) is 22.7. The van der Waals surface area contributed by atoms with E-state index in [9.17, 15) is 4.79 Å². The Labute approximate surface area is 236 Å². The Morgan fingerprint density at radius 3 is 2.39 bits per heavy atom. The van der Waals surface area contributed by atoms with Gasteiger partial charge in [-0.3, -0.25) is 9.89 Å². The lowest BCUT2D eigenvalue weighted by Gasteiger charge is -2.22. The molecular formula is C28H26Cl3N5O2. The summed E-state index contributed by atoms with van der Waals surface area (Å²) in [5.41, 5.74) is 7.06. The van der Waals surface area contributed by atoms with Gasteiger partial charge in [0, 0.05) is 46.7 Å². The average Bonchev–Trinajstić information content (AvgIpc) is 3.44. The van der Waals surface area contributed by atoms with Gasteiger partial charge in [0.05, 0.1) is 11.9 Å². The van der Waals surface area contributed by atoms with Crippen LogP contribution in [0.5, 0.6) is 5.75 Å². The van der Waals surface area contributed by atoms with Crippen LogP contribution in [0.3, 0.4) is 0 Å². The number of hydrogen-bond donors (Lipinski definition) is 2. The maximum absolute atomic E-state index is 12.5. The number of anilines is 1. The number of aromatic amines is 1. The summed E-state index contributed by atoms with van der Waals surface area (Å²) < 4.78 is 5.82. The van der Waals surface area contributed by atoms with Crippen molar-refractivity contribution < 1.29 is 9.53 Å². The fraction of sp³-hybridized carbons (Fsp3) is 0.179. The largest absolute Gasteiger partial charge is 0.489 e. The first kappa shape index (κ1) is 27.5. The van der Waals surface area contributed by atoms with Crippen LogP contribution in [0.25, 0.3) is 11.3 Å². The summed E-state index contributed by atoms with van der Waals surface area (Å²) in [4.78, 5) is 14.6. The van der Waals surface area contributed by atoms with Crippen molar-refractivity contribution in [2.75, 3.05) is 29.7 Å². The number of nitrogens with zero attached hydrogens (tertiary/aromatic N) is 3. The minimum Gasteiger partial charge on any atom is -0.489 e. The second-order valence-corrected chi connectivity index (χ2v) is 9.39. The van der Waals surface area contributed by atoms with E-state index in [-0.39, 0.29) is 0 Å². The van der Waals surface area contributed by atoms with Crippen molar-refractivity contribution in [2.45, 2.75) is 6.61 Å². The lowest BCUT2D eigenvalue weighted by Crippen LogP contribution is -2.27. The topological polar surface area (TPSA) is 82.6 Å². The maximum atomic E-state index is 12.5. The van der Waals surface area contributed by atoms with Crippen LogP contribution in [-0.2, 0) is 6.61 Å². The van der Waals surface area contributed by atoms with Crippen LogP contribution in [0, 0.1) is 0 Å². The fourth-order valence-corrected chi connectivity index (χ4v) is 4.25. The zero-order valence-electron chi connectivity index (χ0n) is 20.4. The first-order valence-corrected chi connectivity index (χ1v) is 13.3. The molecule has 4 aromatic rings. The van der Waals surface area contributed by atoms with Crippen LogP contribution >= 0.6 is 34.8 Å². The molecule has 3 aromatic carbocycles. The van der Waals surface area contributed by atoms with Gasteiger partial charge in [-0.1, -0.05) is 41.9 Å². The minimum absolute atomic E-state index is 0.296. The molecule has 1 heterocycles. The number of hydrazone groups is 1. The Balaban J connectivity index is 1.30. The highest BCUT2D eigenvalue weighted by Crippen LogP contribution is 2.23. The Morgan fingerprint density at radius 2 is 1.71 bits per heavy atom. The molecule has 0 aliphatic carbocycles. The van der Waals surface area contributed by atoms with Crippen LogP contribution in [0.15, 0.2) is 84.0 Å². The Morgan fingerprint density at radius 1 is 1.00 bits per heavy atom. The first-order chi connectivity index (χ1) is 18.6. The van der Waals surface area contributed by atoms with Gasteiger partial charge in [-0.2, -0.15) is 10.2 Å². The van der Waals surface area contributed by atoms with Gasteiger partial charge in [-0.05, 0) is 54.1 Å². The predicted octanol–water partition coefficient (Wildman–Crippen LogP) is 6.36. The van der Waals surface area contributed by atoms with E-state index in [1.807, 2.05) is 72.8 Å². The summed E-state index contributed by atoms with van der Waals surface area (Å²) in [6.45, 7) is 1.80. The van der Waals surface area contributed by atoms with Crippen LogP contribution in [0.4, 0.5) is 5.69 Å². The summed E-state index contributed by atoms with van der Waals surface area (Å²) in [6.07, 6.45) is 1.58. The highest BCUT2D eigenvalue weighted by atomic mass is 35.5. The van der Waals surface area contributed by atoms with Crippen molar-refractivity contribution in [3.63, 3.8) is 0 Å². The van der Waals surface area contributed by atoms with E-state index in [0.717, 1.165) is 22.4 Å². The third-order valence-electron chi connectivity index (χ3n) is 5.67. The molecule has 0 fully saturated rings. The smallest absolute Gasteiger partial charge is 0.289 e. The number of ether oxygens (including phenoxy) is 1. The van der Waals surface area contributed by atoms with Gasteiger partial charge in [0.1, 0.15) is 18.1 Å². The van der Waals surface area contributed by atoms with Crippen LogP contribution in [0.2, 0.25) is 5.02 Å². The SMILES string of the molecule is O=C(N/N=C\c1ccc(N(CCCl)CCCl)cc1)c1cc(-c2ccc(OCc3ccccc3Cl)cc2)n[nH]1. The minimum atomic E-state index is -0.397. The number of aromatic nitrogens is 2. The Bertz CT molecular complexity index is 1350. The monoisotopic (exact) mass is 569 g/mol. The number of rotatable bonds is 12. The summed E-state index contributed by atoms with van der Waals surface area (Å²) in [6, 6.07) is 24.4. The predicted molar refractivity (Wildman–Crippen MR) is 155 cm³/mol. The molecule has 10 heteroatoms. The average molecular weight is 571 g/mol. The molecule has 0 atom stereocenters. The number of halogens is 3. The molecule has 0 radical (unpaired) electrons. The number of H-pyrrole nitrogens is 1. The van der Waals surface area contributed by atoms with Gasteiger partial charge in [0.25, 0.3) is 5.91 Å². The summed E-state index contributed by atoms with van der Waals surface area (Å²) in [7, 11) is 0. The lowest BCUT2D eigenvalue weighted by atomic mass is 10.1. The molecule has 2 N–H and O–H groups in total. The molecule has 196 valence electrons. The van der Waals surface area contributed by atoms with E-state index < -0.39 is 5.91 Å². The van der Waals surface area contributed by atoms with E-state index >= 15 is 0 Å². The Hall–Kier alpha value is -3.52. The van der Waals surface area contributed by atoms with Gasteiger partial charge in [-0.25, -0.2) is 5.43 Å². The van der Waals surface area contributed by atoms with Crippen molar-refractivity contribution in [2.24, 2.45) is 5.10 Å². The fourth-order valence-electron chi connectivity index (χ4n) is 3.66. The van der Waals surface area contributed by atoms with E-state index in [1.165, 1.54) is 0 Å². The Kier molecular flexibility index (Phi) is 10.0. The second-order valence-electron chi connectivity index (χ2n) is 8.23. The van der Waals surface area contributed by atoms with Crippen molar-refractivity contribution >= 4 is 52.6 Å². The normalized spacial score (nSPS) is 11.0. The highest BCUT2D eigenvalue weighted by molar-refractivity contribution is 6.31. The van der Waals surface area contributed by atoms with Crippen LogP contribution in [-0.4, -0.2) is 47.2 Å². The number of hydrogen-bond acceptors (Lipinski definition) is 5. The van der Waals surface area contributed by atoms with Gasteiger partial charge < -0.3 is 9.64 Å². The third kappa shape index (κ3) is 7.51. The van der Waals surface area contributed by atoms with E-state index in [4.69, 9.17) is 39.5 Å². The standard InChI is InChI=1S/C28H26Cl3N5O2/c29-13-15-36(16-14-30)23-9-5-20(6-10-23)18-32-35-28(37)27-17-26(33-34-27)21-7-11-24(12-8-21)38-19-22-3-1-2-4-25(22)31/h1-12,17-18H,13-16,19H2,(H,33,34)(H,35,37)/b32-18-. The molecule has 0 aliphatic heterocycles. The molecule has 7 nitrogen and oxygen atoms in total. The number of alkyl halides is 2. The number of amides is 1. The number of carbonyl (C=O) groups excluding carboxylic acids is 1. The van der Waals surface area contributed by atoms with Crippen LogP contribution in [0.1, 0.15) is 21.6 Å². The molecule has 4 rings (SSSR count).